The molecule has 2 aromatic rings. The summed E-state index contributed by atoms with van der Waals surface area (Å²) in [7, 11) is -3.69. The van der Waals surface area contributed by atoms with Crippen molar-refractivity contribution in [3.63, 3.8) is 0 Å². The summed E-state index contributed by atoms with van der Waals surface area (Å²) in [5.74, 6) is 5.16. The van der Waals surface area contributed by atoms with Crippen LogP contribution in [0.15, 0.2) is 41.6 Å². The van der Waals surface area contributed by atoms with Gasteiger partial charge in [-0.05, 0) is 12.1 Å². The van der Waals surface area contributed by atoms with E-state index in [1.165, 1.54) is 12.4 Å². The number of nitrogens with zero attached hydrogens (tertiary/aromatic N) is 1. The minimum Gasteiger partial charge on any atom is -0.384 e. The number of sulfonamides is 1. The Kier molecular flexibility index (Phi) is 3.85. The first-order valence-corrected chi connectivity index (χ1v) is 6.82. The minimum atomic E-state index is -3.69. The van der Waals surface area contributed by atoms with Crippen molar-refractivity contribution < 1.29 is 13.5 Å². The molecule has 0 atom stereocenters. The van der Waals surface area contributed by atoms with Gasteiger partial charge in [-0.2, -0.15) is 5.10 Å². The molecule has 2 rings (SSSR count). The Morgan fingerprint density at radius 3 is 2.84 bits per heavy atom. The first kappa shape index (κ1) is 13.1. The van der Waals surface area contributed by atoms with Crippen LogP contribution in [0.2, 0.25) is 0 Å². The molecule has 1 aromatic carbocycles. The van der Waals surface area contributed by atoms with Gasteiger partial charge in [-0.3, -0.25) is 9.82 Å². The normalized spacial score (nSPS) is 10.6. The molecule has 0 fully saturated rings. The van der Waals surface area contributed by atoms with Crippen LogP contribution < -0.4 is 4.72 Å². The topological polar surface area (TPSA) is 95.1 Å². The van der Waals surface area contributed by atoms with Crippen molar-refractivity contribution >= 4 is 15.7 Å². The summed E-state index contributed by atoms with van der Waals surface area (Å²) in [6.45, 7) is -0.289. The fraction of sp³-hybridized carbons (Fsp3) is 0.0833. The van der Waals surface area contributed by atoms with E-state index in [0.717, 1.165) is 0 Å². The molecule has 0 aliphatic heterocycles. The summed E-state index contributed by atoms with van der Waals surface area (Å²) in [4.78, 5) is 0.0393. The molecule has 0 aliphatic carbocycles. The average molecular weight is 277 g/mol. The molecule has 0 aliphatic rings. The molecule has 7 heteroatoms. The van der Waals surface area contributed by atoms with Crippen molar-refractivity contribution in [3.05, 3.63) is 42.2 Å². The summed E-state index contributed by atoms with van der Waals surface area (Å²) >= 11 is 0. The van der Waals surface area contributed by atoms with Crippen molar-refractivity contribution in [2.24, 2.45) is 0 Å². The van der Waals surface area contributed by atoms with E-state index in [0.29, 0.717) is 11.3 Å². The van der Waals surface area contributed by atoms with E-state index in [1.54, 1.807) is 24.3 Å². The maximum absolute atomic E-state index is 12.0. The van der Waals surface area contributed by atoms with Crippen molar-refractivity contribution in [1.82, 2.24) is 10.2 Å². The van der Waals surface area contributed by atoms with Crippen LogP contribution in [-0.2, 0) is 10.0 Å². The number of nitrogens with one attached hydrogen (secondary N) is 2. The second-order valence-corrected chi connectivity index (χ2v) is 5.23. The number of rotatable bonds is 3. The van der Waals surface area contributed by atoms with Crippen LogP contribution in [-0.4, -0.2) is 30.3 Å². The number of para-hydroxylation sites is 1. The number of aliphatic hydroxyl groups is 1. The van der Waals surface area contributed by atoms with Crippen LogP contribution in [0.1, 0.15) is 5.56 Å². The van der Waals surface area contributed by atoms with E-state index in [1.807, 2.05) is 0 Å². The van der Waals surface area contributed by atoms with Crippen LogP contribution in [0.3, 0.4) is 0 Å². The Morgan fingerprint density at radius 1 is 1.37 bits per heavy atom. The van der Waals surface area contributed by atoms with Crippen LogP contribution in [0.25, 0.3) is 0 Å². The number of aromatic nitrogens is 2. The standard InChI is InChI=1S/C12H11N3O3S/c16-7-3-5-10-4-1-2-6-12(10)15-19(17,18)11-8-13-14-9-11/h1-2,4,6,8-9,15-16H,7H2,(H,13,14). The van der Waals surface area contributed by atoms with Gasteiger partial charge in [-0.15, -0.1) is 0 Å². The molecule has 1 heterocycles. The zero-order valence-corrected chi connectivity index (χ0v) is 10.6. The van der Waals surface area contributed by atoms with E-state index < -0.39 is 10.0 Å². The molecule has 1 aromatic heterocycles. The Bertz CT molecular complexity index is 712. The van der Waals surface area contributed by atoms with E-state index in [-0.39, 0.29) is 11.5 Å². The largest absolute Gasteiger partial charge is 0.384 e. The van der Waals surface area contributed by atoms with Gasteiger partial charge in [0, 0.05) is 11.8 Å². The Hall–Kier alpha value is -2.30. The molecular formula is C12H11N3O3S. The lowest BCUT2D eigenvalue weighted by molar-refractivity contribution is 0.350. The highest BCUT2D eigenvalue weighted by atomic mass is 32.2. The van der Waals surface area contributed by atoms with Crippen molar-refractivity contribution in [3.8, 4) is 11.8 Å². The number of benzene rings is 1. The second kappa shape index (κ2) is 5.56. The van der Waals surface area contributed by atoms with Crippen molar-refractivity contribution in [1.29, 1.82) is 0 Å². The summed E-state index contributed by atoms with van der Waals surface area (Å²) in [5.41, 5.74) is 0.841. The predicted octanol–water partition coefficient (Wildman–Crippen LogP) is 0.554. The molecule has 0 saturated carbocycles. The monoisotopic (exact) mass is 277 g/mol. The third kappa shape index (κ3) is 3.13. The molecule has 0 saturated heterocycles. The van der Waals surface area contributed by atoms with Crippen LogP contribution in [0.5, 0.6) is 0 Å². The maximum atomic E-state index is 12.0. The first-order chi connectivity index (χ1) is 9.13. The van der Waals surface area contributed by atoms with Crippen LogP contribution in [0.4, 0.5) is 5.69 Å². The molecular weight excluding hydrogens is 266 g/mol. The lowest BCUT2D eigenvalue weighted by atomic mass is 10.2. The minimum absolute atomic E-state index is 0.0393. The highest BCUT2D eigenvalue weighted by molar-refractivity contribution is 7.92. The molecule has 98 valence electrons. The first-order valence-electron chi connectivity index (χ1n) is 5.34. The summed E-state index contributed by atoms with van der Waals surface area (Å²) in [6, 6.07) is 6.68. The van der Waals surface area contributed by atoms with Gasteiger partial charge >= 0.3 is 0 Å². The predicted molar refractivity (Wildman–Crippen MR) is 69.8 cm³/mol. The van der Waals surface area contributed by atoms with Crippen LogP contribution in [0, 0.1) is 11.8 Å². The van der Waals surface area contributed by atoms with E-state index in [9.17, 15) is 8.42 Å². The molecule has 0 spiro atoms. The molecule has 0 bridgehead atoms. The molecule has 6 nitrogen and oxygen atoms in total. The fourth-order valence-corrected chi connectivity index (χ4v) is 2.39. The number of aromatic amines is 1. The Morgan fingerprint density at radius 2 is 2.16 bits per heavy atom. The van der Waals surface area contributed by atoms with Gasteiger partial charge < -0.3 is 5.11 Å². The van der Waals surface area contributed by atoms with Crippen LogP contribution >= 0.6 is 0 Å². The average Bonchev–Trinajstić information content (AvgIpc) is 2.92. The van der Waals surface area contributed by atoms with Gasteiger partial charge in [0.1, 0.15) is 11.5 Å². The molecule has 3 N–H and O–H groups in total. The van der Waals surface area contributed by atoms with Crippen molar-refractivity contribution in [2.75, 3.05) is 11.3 Å². The number of anilines is 1. The highest BCUT2D eigenvalue weighted by Crippen LogP contribution is 2.18. The van der Waals surface area contributed by atoms with Gasteiger partial charge in [-0.1, -0.05) is 24.0 Å². The molecule has 0 amide bonds. The lowest BCUT2D eigenvalue weighted by Gasteiger charge is -2.07. The van der Waals surface area contributed by atoms with E-state index >= 15 is 0 Å². The summed E-state index contributed by atoms with van der Waals surface area (Å²) in [6.07, 6.45) is 2.49. The lowest BCUT2D eigenvalue weighted by Crippen LogP contribution is -2.13. The zero-order chi connectivity index (χ0) is 13.7. The van der Waals surface area contributed by atoms with Gasteiger partial charge in [0.15, 0.2) is 0 Å². The van der Waals surface area contributed by atoms with E-state index in [2.05, 4.69) is 26.8 Å². The van der Waals surface area contributed by atoms with Gasteiger partial charge in [0.25, 0.3) is 10.0 Å². The number of hydrogen-bond donors (Lipinski definition) is 3. The Balaban J connectivity index is 2.34. The number of aliphatic hydroxyl groups excluding tert-OH is 1. The number of hydrogen-bond acceptors (Lipinski definition) is 4. The fourth-order valence-electron chi connectivity index (χ4n) is 1.41. The maximum Gasteiger partial charge on any atom is 0.265 e. The quantitative estimate of drug-likeness (QED) is 0.714. The van der Waals surface area contributed by atoms with Crippen molar-refractivity contribution in [2.45, 2.75) is 4.90 Å². The molecule has 19 heavy (non-hydrogen) atoms. The SMILES string of the molecule is O=S(=O)(Nc1ccccc1C#CCO)c1cn[nH]c1. The van der Waals surface area contributed by atoms with Gasteiger partial charge in [0.05, 0.1) is 11.9 Å². The third-order valence-corrected chi connectivity index (χ3v) is 3.59. The Labute approximate surface area is 110 Å². The highest BCUT2D eigenvalue weighted by Gasteiger charge is 2.16. The summed E-state index contributed by atoms with van der Waals surface area (Å²) in [5, 5.41) is 14.7. The molecule has 0 unspecified atom stereocenters. The zero-order valence-electron chi connectivity index (χ0n) is 9.79. The van der Waals surface area contributed by atoms with E-state index in [4.69, 9.17) is 5.11 Å². The molecule has 0 radical (unpaired) electrons. The van der Waals surface area contributed by atoms with Gasteiger partial charge in [0.2, 0.25) is 0 Å². The second-order valence-electron chi connectivity index (χ2n) is 3.54. The summed E-state index contributed by atoms with van der Waals surface area (Å²) < 4.78 is 26.5. The smallest absolute Gasteiger partial charge is 0.265 e. The third-order valence-electron chi connectivity index (χ3n) is 2.26. The number of H-pyrrole nitrogens is 1. The van der Waals surface area contributed by atoms with Gasteiger partial charge in [-0.25, -0.2) is 8.42 Å².